The molecule has 6 N–H and O–H groups in total. The Balaban J connectivity index is 2.28. The van der Waals surface area contributed by atoms with Gasteiger partial charge in [0, 0.05) is 20.8 Å². The van der Waals surface area contributed by atoms with Crippen LogP contribution in [0, 0.1) is 5.92 Å². The first-order valence-electron chi connectivity index (χ1n) is 16.2. The molecule has 2 aliphatic rings. The predicted molar refractivity (Wildman–Crippen MR) is 165 cm³/mol. The number of carbonyl (C=O) groups is 7. The van der Waals surface area contributed by atoms with Gasteiger partial charge in [-0.15, -0.1) is 0 Å². The Morgan fingerprint density at radius 1 is 0.725 bits per heavy atom. The number of hydrogen-bond acceptors (Lipinski definition) is 18. The number of rotatable bonds is 17. The SMILES string of the molecule is CC(=O)O[C@H](C)CC(=O)NC1C(O)OC(COC2OC(CO)C(C=O)C(OC(=O)C[C@@H](C)OC(C)=O)C2NC(=O)C[C@@H](C)OC(C)=O)C(O)C1O. The van der Waals surface area contributed by atoms with Crippen LogP contribution in [-0.4, -0.2) is 149 Å². The second kappa shape index (κ2) is 20.3. The monoisotopic (exact) mass is 736 g/mol. The van der Waals surface area contributed by atoms with Gasteiger partial charge < -0.3 is 69.0 Å². The smallest absolute Gasteiger partial charge is 0.309 e. The lowest BCUT2D eigenvalue weighted by Gasteiger charge is -2.45. The van der Waals surface area contributed by atoms with Crippen LogP contribution in [0.1, 0.15) is 60.8 Å². The second-order valence-electron chi connectivity index (χ2n) is 12.3. The van der Waals surface area contributed by atoms with Crippen molar-refractivity contribution >= 4 is 42.0 Å². The van der Waals surface area contributed by atoms with Gasteiger partial charge in [-0.3, -0.25) is 28.8 Å². The summed E-state index contributed by atoms with van der Waals surface area (Å²) in [6, 6.07) is -3.01. The van der Waals surface area contributed by atoms with Gasteiger partial charge in [-0.1, -0.05) is 0 Å². The highest BCUT2D eigenvalue weighted by Gasteiger charge is 2.51. The summed E-state index contributed by atoms with van der Waals surface area (Å²) in [6.07, 6.45) is -15.0. The van der Waals surface area contributed by atoms with Crippen LogP contribution in [0.5, 0.6) is 0 Å². The lowest BCUT2D eigenvalue weighted by molar-refractivity contribution is -0.291. The van der Waals surface area contributed by atoms with E-state index >= 15 is 0 Å². The molecule has 2 saturated heterocycles. The molecule has 2 aliphatic heterocycles. The molecule has 2 fully saturated rings. The third-order valence-electron chi connectivity index (χ3n) is 7.67. The Hall–Kier alpha value is -3.79. The Kier molecular flexibility index (Phi) is 17.3. The van der Waals surface area contributed by atoms with E-state index in [0.717, 1.165) is 20.8 Å². The van der Waals surface area contributed by atoms with Crippen molar-refractivity contribution in [2.24, 2.45) is 5.92 Å². The number of ether oxygens (including phenoxy) is 7. The van der Waals surface area contributed by atoms with E-state index in [2.05, 4.69) is 10.6 Å². The molecule has 290 valence electrons. The van der Waals surface area contributed by atoms with E-state index in [0.29, 0.717) is 6.29 Å². The molecule has 0 saturated carbocycles. The maximum Gasteiger partial charge on any atom is 0.309 e. The molecule has 0 spiro atoms. The minimum Gasteiger partial charge on any atom is -0.462 e. The summed E-state index contributed by atoms with van der Waals surface area (Å²) >= 11 is 0. The normalized spacial score (nSPS) is 30.8. The number of nitrogens with one attached hydrogen (secondary N) is 2. The van der Waals surface area contributed by atoms with Crippen molar-refractivity contribution in [2.45, 2.75) is 134 Å². The molecule has 0 aromatic carbocycles. The summed E-state index contributed by atoms with van der Waals surface area (Å²) in [5.74, 6) is -5.79. The van der Waals surface area contributed by atoms with Gasteiger partial charge in [-0.2, -0.15) is 0 Å². The molecule has 0 aromatic rings. The summed E-state index contributed by atoms with van der Waals surface area (Å²) in [5.41, 5.74) is 0. The summed E-state index contributed by atoms with van der Waals surface area (Å²) in [7, 11) is 0. The molecule has 20 heteroatoms. The number of carbonyl (C=O) groups excluding carboxylic acids is 7. The largest absolute Gasteiger partial charge is 0.462 e. The molecule has 20 nitrogen and oxygen atoms in total. The molecule has 13 atom stereocenters. The number of aliphatic hydroxyl groups excluding tert-OH is 4. The highest BCUT2D eigenvalue weighted by molar-refractivity contribution is 5.78. The first-order chi connectivity index (χ1) is 23.9. The van der Waals surface area contributed by atoms with Crippen molar-refractivity contribution in [3.05, 3.63) is 0 Å². The van der Waals surface area contributed by atoms with E-state index in [1.165, 1.54) is 20.8 Å². The summed E-state index contributed by atoms with van der Waals surface area (Å²) in [4.78, 5) is 84.5. The quantitative estimate of drug-likeness (QED) is 0.0489. The molecular weight excluding hydrogens is 688 g/mol. The van der Waals surface area contributed by atoms with Gasteiger partial charge in [0.2, 0.25) is 11.8 Å². The van der Waals surface area contributed by atoms with Crippen molar-refractivity contribution in [3.8, 4) is 0 Å². The highest BCUT2D eigenvalue weighted by atomic mass is 16.7. The first-order valence-corrected chi connectivity index (χ1v) is 16.2. The van der Waals surface area contributed by atoms with E-state index in [-0.39, 0.29) is 6.42 Å². The van der Waals surface area contributed by atoms with Crippen molar-refractivity contribution in [3.63, 3.8) is 0 Å². The maximum atomic E-state index is 13.1. The third-order valence-corrected chi connectivity index (χ3v) is 7.67. The van der Waals surface area contributed by atoms with Crippen LogP contribution in [-0.2, 0) is 66.7 Å². The van der Waals surface area contributed by atoms with Crippen LogP contribution in [0.2, 0.25) is 0 Å². The molecular formula is C31H48N2O18. The molecule has 0 aliphatic carbocycles. The van der Waals surface area contributed by atoms with Gasteiger partial charge in [0.05, 0.1) is 44.5 Å². The zero-order valence-electron chi connectivity index (χ0n) is 29.1. The molecule has 0 bridgehead atoms. The molecule has 10 unspecified atom stereocenters. The number of hydrogen-bond donors (Lipinski definition) is 6. The molecule has 2 rings (SSSR count). The molecule has 51 heavy (non-hydrogen) atoms. The summed E-state index contributed by atoms with van der Waals surface area (Å²) in [6.45, 7) is 6.27. The van der Waals surface area contributed by atoms with Gasteiger partial charge in [0.1, 0.15) is 61.1 Å². The zero-order valence-corrected chi connectivity index (χ0v) is 29.1. The fourth-order valence-electron chi connectivity index (χ4n) is 5.58. The lowest BCUT2D eigenvalue weighted by Crippen LogP contribution is -2.66. The Morgan fingerprint density at radius 2 is 1.22 bits per heavy atom. The zero-order chi connectivity index (χ0) is 38.6. The van der Waals surface area contributed by atoms with Crippen LogP contribution in [0.3, 0.4) is 0 Å². The Labute approximate surface area is 293 Å². The lowest BCUT2D eigenvalue weighted by atomic mass is 9.88. The minimum absolute atomic E-state index is 0.327. The number of aldehydes is 1. The predicted octanol–water partition coefficient (Wildman–Crippen LogP) is -3.12. The van der Waals surface area contributed by atoms with Crippen molar-refractivity contribution in [1.29, 1.82) is 0 Å². The molecule has 0 radical (unpaired) electrons. The number of aliphatic hydroxyl groups is 4. The van der Waals surface area contributed by atoms with Crippen molar-refractivity contribution in [1.82, 2.24) is 10.6 Å². The van der Waals surface area contributed by atoms with Gasteiger partial charge >= 0.3 is 23.9 Å². The van der Waals surface area contributed by atoms with Gasteiger partial charge in [-0.25, -0.2) is 0 Å². The van der Waals surface area contributed by atoms with Gasteiger partial charge in [0.25, 0.3) is 0 Å². The van der Waals surface area contributed by atoms with Crippen LogP contribution in [0.25, 0.3) is 0 Å². The standard InChI is InChI=1S/C31H48N2O18/c1-13(46-16(4)36)7-22(39)32-25-28(43)27(42)21(49-30(25)44)12-45-31-26(33-23(40)8-14(2)47-17(5)37)29(19(10-34)20(11-35)50-31)51-24(41)9-15(3)48-18(6)38/h10,13-15,19-21,25-31,35,42-44H,7-9,11-12H2,1-6H3,(H,32,39)(H,33,40)/t13-,14-,15-,19?,20?,21?,25?,26?,27?,28?,29?,30?,31?/m1/s1. The van der Waals surface area contributed by atoms with E-state index in [1.54, 1.807) is 0 Å². The van der Waals surface area contributed by atoms with E-state index in [4.69, 9.17) is 33.2 Å². The van der Waals surface area contributed by atoms with Crippen LogP contribution >= 0.6 is 0 Å². The van der Waals surface area contributed by atoms with Gasteiger partial charge in [-0.05, 0) is 20.8 Å². The summed E-state index contributed by atoms with van der Waals surface area (Å²) < 4.78 is 37.4. The Bertz CT molecular complexity index is 1230. The molecule has 0 aromatic heterocycles. The van der Waals surface area contributed by atoms with Crippen LogP contribution in [0.15, 0.2) is 0 Å². The number of amides is 2. The van der Waals surface area contributed by atoms with E-state index in [1.807, 2.05) is 0 Å². The fourth-order valence-corrected chi connectivity index (χ4v) is 5.58. The van der Waals surface area contributed by atoms with E-state index < -0.39 is 141 Å². The average Bonchev–Trinajstić information content (AvgIpc) is 2.99. The van der Waals surface area contributed by atoms with Gasteiger partial charge in [0.15, 0.2) is 12.6 Å². The highest BCUT2D eigenvalue weighted by Crippen LogP contribution is 2.30. The molecule has 2 amide bonds. The number of esters is 4. The third kappa shape index (κ3) is 13.7. The molecule has 2 heterocycles. The average molecular weight is 737 g/mol. The van der Waals surface area contributed by atoms with Crippen LogP contribution in [0.4, 0.5) is 0 Å². The fraction of sp³-hybridized carbons (Fsp3) is 0.774. The van der Waals surface area contributed by atoms with E-state index in [9.17, 15) is 54.0 Å². The topological polar surface area (TPSA) is 289 Å². The first kappa shape index (κ1) is 43.4. The van der Waals surface area contributed by atoms with Crippen molar-refractivity contribution < 1.29 is 87.1 Å². The second-order valence-corrected chi connectivity index (χ2v) is 12.3. The van der Waals surface area contributed by atoms with Crippen molar-refractivity contribution in [2.75, 3.05) is 13.2 Å². The van der Waals surface area contributed by atoms with Crippen LogP contribution < -0.4 is 10.6 Å². The minimum atomic E-state index is -1.88. The summed E-state index contributed by atoms with van der Waals surface area (Å²) in [5, 5.41) is 47.0. The maximum absolute atomic E-state index is 13.1. The Morgan fingerprint density at radius 3 is 1.69 bits per heavy atom.